The molecule has 20 heavy (non-hydrogen) atoms. The molecule has 106 valence electrons. The zero-order valence-corrected chi connectivity index (χ0v) is 11.5. The van der Waals surface area contributed by atoms with Crippen molar-refractivity contribution in [3.8, 4) is 0 Å². The summed E-state index contributed by atoms with van der Waals surface area (Å²) in [5.41, 5.74) is 0.308. The highest BCUT2D eigenvalue weighted by Gasteiger charge is 2.18. The number of alkyl halides is 1. The van der Waals surface area contributed by atoms with Gasteiger partial charge in [-0.2, -0.15) is 0 Å². The molecule has 0 aromatic heterocycles. The summed E-state index contributed by atoms with van der Waals surface area (Å²) in [6, 6.07) is 4.74. The van der Waals surface area contributed by atoms with Gasteiger partial charge in [0.1, 0.15) is 11.6 Å². The van der Waals surface area contributed by atoms with E-state index >= 15 is 0 Å². The van der Waals surface area contributed by atoms with E-state index in [0.29, 0.717) is 0 Å². The number of halogens is 6. The summed E-state index contributed by atoms with van der Waals surface area (Å²) in [5, 5.41) is -0.913. The van der Waals surface area contributed by atoms with Gasteiger partial charge >= 0.3 is 0 Å². The molecule has 0 radical (unpaired) electrons. The van der Waals surface area contributed by atoms with Crippen LogP contribution in [0.5, 0.6) is 0 Å². The smallest absolute Gasteiger partial charge is 0.160 e. The molecule has 6 heteroatoms. The average Bonchev–Trinajstić information content (AvgIpc) is 2.37. The molecule has 0 fully saturated rings. The van der Waals surface area contributed by atoms with E-state index in [0.717, 1.165) is 24.3 Å². The maximum Gasteiger partial charge on any atom is 0.160 e. The lowest BCUT2D eigenvalue weighted by atomic mass is 10.0. The Morgan fingerprint density at radius 1 is 0.900 bits per heavy atom. The first-order valence-electron chi connectivity index (χ1n) is 5.61. The van der Waals surface area contributed by atoms with Gasteiger partial charge in [0.05, 0.1) is 5.38 Å². The van der Waals surface area contributed by atoms with Crippen LogP contribution in [0.4, 0.5) is 17.6 Å². The van der Waals surface area contributed by atoms with E-state index in [4.69, 9.17) is 23.2 Å². The van der Waals surface area contributed by atoms with Crippen LogP contribution in [-0.4, -0.2) is 0 Å². The normalized spacial score (nSPS) is 12.5. The minimum absolute atomic E-state index is 0.0293. The van der Waals surface area contributed by atoms with Gasteiger partial charge in [0.25, 0.3) is 0 Å². The van der Waals surface area contributed by atoms with E-state index in [1.807, 2.05) is 0 Å². The van der Waals surface area contributed by atoms with Crippen molar-refractivity contribution in [3.63, 3.8) is 0 Å². The van der Waals surface area contributed by atoms with E-state index < -0.39 is 28.6 Å². The molecule has 0 N–H and O–H groups in total. The molecule has 0 heterocycles. The van der Waals surface area contributed by atoms with Crippen LogP contribution in [0, 0.1) is 23.3 Å². The first-order chi connectivity index (χ1) is 9.38. The molecule has 2 aromatic rings. The SMILES string of the molecule is Fc1ccc(CC(Cl)c2cc(F)c(F)cc2Cl)c(F)c1. The van der Waals surface area contributed by atoms with Crippen LogP contribution in [0.15, 0.2) is 30.3 Å². The van der Waals surface area contributed by atoms with Gasteiger partial charge in [0.2, 0.25) is 0 Å². The van der Waals surface area contributed by atoms with Crippen LogP contribution in [0.2, 0.25) is 5.02 Å². The van der Waals surface area contributed by atoms with Crippen LogP contribution in [0.25, 0.3) is 0 Å². The first-order valence-corrected chi connectivity index (χ1v) is 6.42. The van der Waals surface area contributed by atoms with E-state index in [1.165, 1.54) is 6.07 Å². The lowest BCUT2D eigenvalue weighted by Crippen LogP contribution is -2.01. The van der Waals surface area contributed by atoms with E-state index in [1.54, 1.807) is 0 Å². The van der Waals surface area contributed by atoms with Crippen molar-refractivity contribution in [3.05, 3.63) is 69.8 Å². The van der Waals surface area contributed by atoms with Gasteiger partial charge in [-0.25, -0.2) is 17.6 Å². The van der Waals surface area contributed by atoms with Crippen LogP contribution < -0.4 is 0 Å². The molecule has 1 atom stereocenters. The van der Waals surface area contributed by atoms with Crippen molar-refractivity contribution >= 4 is 23.2 Å². The molecule has 2 rings (SSSR count). The summed E-state index contributed by atoms with van der Waals surface area (Å²) < 4.78 is 52.4. The molecule has 0 saturated heterocycles. The molecule has 0 amide bonds. The molecule has 2 aromatic carbocycles. The Morgan fingerprint density at radius 3 is 2.20 bits per heavy atom. The molecule has 0 bridgehead atoms. The monoisotopic (exact) mass is 322 g/mol. The van der Waals surface area contributed by atoms with Crippen molar-refractivity contribution in [1.82, 2.24) is 0 Å². The fourth-order valence-corrected chi connectivity index (χ4v) is 2.45. The molecule has 0 nitrogen and oxygen atoms in total. The van der Waals surface area contributed by atoms with Crippen molar-refractivity contribution in [2.75, 3.05) is 0 Å². The summed E-state index contributed by atoms with van der Waals surface area (Å²) in [5.74, 6) is -3.64. The van der Waals surface area contributed by atoms with Crippen molar-refractivity contribution in [1.29, 1.82) is 0 Å². The zero-order chi connectivity index (χ0) is 14.9. The average molecular weight is 323 g/mol. The second kappa shape index (κ2) is 6.02. The third-order valence-corrected chi connectivity index (χ3v) is 3.51. The molecular weight excluding hydrogens is 315 g/mol. The molecule has 0 saturated carbocycles. The Morgan fingerprint density at radius 2 is 1.55 bits per heavy atom. The highest BCUT2D eigenvalue weighted by molar-refractivity contribution is 6.32. The van der Waals surface area contributed by atoms with Gasteiger partial charge in [-0.3, -0.25) is 0 Å². The summed E-state index contributed by atoms with van der Waals surface area (Å²) in [4.78, 5) is 0. The zero-order valence-electron chi connectivity index (χ0n) is 9.94. The largest absolute Gasteiger partial charge is 0.207 e. The third kappa shape index (κ3) is 3.25. The predicted molar refractivity (Wildman–Crippen MR) is 70.0 cm³/mol. The molecular formula is C14H8Cl2F4. The lowest BCUT2D eigenvalue weighted by Gasteiger charge is -2.13. The standard InChI is InChI=1S/C14H8Cl2F4/c15-10(3-7-1-2-8(17)4-12(7)18)9-5-13(19)14(20)6-11(9)16/h1-2,4-6,10H,3H2. The summed E-state index contributed by atoms with van der Waals surface area (Å²) in [7, 11) is 0. The van der Waals surface area contributed by atoms with Gasteiger partial charge in [0, 0.05) is 11.1 Å². The summed E-state index contributed by atoms with van der Waals surface area (Å²) >= 11 is 11.8. The molecule has 0 aliphatic heterocycles. The maximum atomic E-state index is 13.5. The van der Waals surface area contributed by atoms with Crippen molar-refractivity contribution < 1.29 is 17.6 Å². The number of benzene rings is 2. The quantitative estimate of drug-likeness (QED) is 0.402. The fourth-order valence-electron chi connectivity index (χ4n) is 1.77. The van der Waals surface area contributed by atoms with E-state index in [-0.39, 0.29) is 22.6 Å². The molecule has 1 unspecified atom stereocenters. The number of rotatable bonds is 3. The first kappa shape index (κ1) is 15.1. The van der Waals surface area contributed by atoms with Gasteiger partial charge < -0.3 is 0 Å². The van der Waals surface area contributed by atoms with Gasteiger partial charge in [0.15, 0.2) is 11.6 Å². The van der Waals surface area contributed by atoms with Gasteiger partial charge in [-0.1, -0.05) is 17.7 Å². The van der Waals surface area contributed by atoms with E-state index in [2.05, 4.69) is 0 Å². The lowest BCUT2D eigenvalue weighted by molar-refractivity contribution is 0.506. The van der Waals surface area contributed by atoms with Crippen LogP contribution >= 0.6 is 23.2 Å². The van der Waals surface area contributed by atoms with E-state index in [9.17, 15) is 17.6 Å². The van der Waals surface area contributed by atoms with Gasteiger partial charge in [-0.05, 0) is 35.7 Å². The predicted octanol–water partition coefficient (Wildman–Crippen LogP) is 5.42. The highest BCUT2D eigenvalue weighted by Crippen LogP contribution is 2.32. The molecule has 0 aliphatic rings. The minimum Gasteiger partial charge on any atom is -0.207 e. The Bertz CT molecular complexity index is 643. The van der Waals surface area contributed by atoms with Crippen LogP contribution in [0.3, 0.4) is 0 Å². The third-order valence-electron chi connectivity index (χ3n) is 2.79. The Hall–Kier alpha value is -1.26. The number of hydrogen-bond acceptors (Lipinski definition) is 0. The Balaban J connectivity index is 2.28. The van der Waals surface area contributed by atoms with Crippen molar-refractivity contribution in [2.24, 2.45) is 0 Å². The maximum absolute atomic E-state index is 13.5. The minimum atomic E-state index is -1.09. The summed E-state index contributed by atoms with van der Waals surface area (Å²) in [6.45, 7) is 0. The molecule has 0 spiro atoms. The fraction of sp³-hybridized carbons (Fsp3) is 0.143. The molecule has 0 aliphatic carbocycles. The van der Waals surface area contributed by atoms with Gasteiger partial charge in [-0.15, -0.1) is 11.6 Å². The topological polar surface area (TPSA) is 0 Å². The van der Waals surface area contributed by atoms with Crippen LogP contribution in [0.1, 0.15) is 16.5 Å². The second-order valence-corrected chi connectivity index (χ2v) is 5.13. The van der Waals surface area contributed by atoms with Crippen molar-refractivity contribution in [2.45, 2.75) is 11.8 Å². The van der Waals surface area contributed by atoms with Crippen LogP contribution in [-0.2, 0) is 6.42 Å². The Labute approximate surface area is 122 Å². The highest BCUT2D eigenvalue weighted by atomic mass is 35.5. The summed E-state index contributed by atoms with van der Waals surface area (Å²) in [6.07, 6.45) is -0.0293. The number of hydrogen-bond donors (Lipinski definition) is 0. The second-order valence-electron chi connectivity index (χ2n) is 4.20. The Kier molecular flexibility index (Phi) is 4.55.